The Morgan fingerprint density at radius 2 is 2.35 bits per heavy atom. The molecule has 0 spiro atoms. The zero-order valence-electron chi connectivity index (χ0n) is 9.40. The van der Waals surface area contributed by atoms with Crippen LogP contribution in [0.5, 0.6) is 0 Å². The molecule has 1 aliphatic rings. The van der Waals surface area contributed by atoms with Gasteiger partial charge in [0.05, 0.1) is 18.2 Å². The molecule has 1 atom stereocenters. The van der Waals surface area contributed by atoms with Crippen LogP contribution in [0.25, 0.3) is 0 Å². The third-order valence-electron chi connectivity index (χ3n) is 3.13. The van der Waals surface area contributed by atoms with Gasteiger partial charge >= 0.3 is 0 Å². The third kappa shape index (κ3) is 2.39. The highest BCUT2D eigenvalue weighted by atomic mass is 19.1. The SMILES string of the molecule is NC(=O)C1CCN(c2ccc(CO)cc2F)C1. The number of nitrogens with two attached hydrogens (primary N) is 1. The van der Waals surface area contributed by atoms with Gasteiger partial charge in [0.15, 0.2) is 0 Å². The minimum Gasteiger partial charge on any atom is -0.392 e. The molecule has 1 amide bonds. The Morgan fingerprint density at radius 3 is 2.88 bits per heavy atom. The Balaban J connectivity index is 2.16. The molecular formula is C12H15FN2O2. The van der Waals surface area contributed by atoms with Crippen molar-refractivity contribution >= 4 is 11.6 Å². The molecular weight excluding hydrogens is 223 g/mol. The van der Waals surface area contributed by atoms with Crippen LogP contribution in [0.1, 0.15) is 12.0 Å². The summed E-state index contributed by atoms with van der Waals surface area (Å²) in [6.45, 7) is 0.912. The molecule has 1 saturated heterocycles. The number of amides is 1. The fourth-order valence-corrected chi connectivity index (χ4v) is 2.12. The average molecular weight is 238 g/mol. The molecule has 17 heavy (non-hydrogen) atoms. The summed E-state index contributed by atoms with van der Waals surface area (Å²) >= 11 is 0. The molecule has 0 aliphatic carbocycles. The van der Waals surface area contributed by atoms with Crippen molar-refractivity contribution in [1.82, 2.24) is 0 Å². The lowest BCUT2D eigenvalue weighted by Crippen LogP contribution is -2.27. The molecule has 5 heteroatoms. The number of halogens is 1. The summed E-state index contributed by atoms with van der Waals surface area (Å²) in [5, 5.41) is 8.89. The number of rotatable bonds is 3. The van der Waals surface area contributed by atoms with Gasteiger partial charge in [0.2, 0.25) is 5.91 Å². The summed E-state index contributed by atoms with van der Waals surface area (Å²) in [6, 6.07) is 4.62. The predicted molar refractivity (Wildman–Crippen MR) is 61.8 cm³/mol. The van der Waals surface area contributed by atoms with Gasteiger partial charge in [-0.15, -0.1) is 0 Å². The maximum Gasteiger partial charge on any atom is 0.222 e. The Bertz CT molecular complexity index is 437. The van der Waals surface area contributed by atoms with Crippen LogP contribution in [-0.2, 0) is 11.4 Å². The molecule has 1 fully saturated rings. The largest absolute Gasteiger partial charge is 0.392 e. The monoisotopic (exact) mass is 238 g/mol. The number of carbonyl (C=O) groups is 1. The molecule has 1 aromatic rings. The molecule has 1 aromatic carbocycles. The van der Waals surface area contributed by atoms with Crippen LogP contribution in [-0.4, -0.2) is 24.1 Å². The van der Waals surface area contributed by atoms with E-state index in [2.05, 4.69) is 0 Å². The van der Waals surface area contributed by atoms with Gasteiger partial charge in [-0.3, -0.25) is 4.79 Å². The fourth-order valence-electron chi connectivity index (χ4n) is 2.12. The van der Waals surface area contributed by atoms with E-state index in [9.17, 15) is 9.18 Å². The predicted octanol–water partition coefficient (Wildman–Crippen LogP) is 0.630. The van der Waals surface area contributed by atoms with Crippen molar-refractivity contribution < 1.29 is 14.3 Å². The number of aliphatic hydroxyl groups excluding tert-OH is 1. The third-order valence-corrected chi connectivity index (χ3v) is 3.13. The number of aliphatic hydroxyl groups is 1. The van der Waals surface area contributed by atoms with Crippen molar-refractivity contribution in [2.24, 2.45) is 11.7 Å². The van der Waals surface area contributed by atoms with Crippen molar-refractivity contribution in [1.29, 1.82) is 0 Å². The Hall–Kier alpha value is -1.62. The van der Waals surface area contributed by atoms with Gasteiger partial charge in [-0.2, -0.15) is 0 Å². The van der Waals surface area contributed by atoms with Crippen molar-refractivity contribution in [3.63, 3.8) is 0 Å². The number of primary amides is 1. The number of carbonyl (C=O) groups excluding carboxylic acids is 1. The average Bonchev–Trinajstić information content (AvgIpc) is 2.78. The highest BCUT2D eigenvalue weighted by Gasteiger charge is 2.27. The Labute approximate surface area is 98.8 Å². The maximum absolute atomic E-state index is 13.7. The first-order chi connectivity index (χ1) is 8.11. The van der Waals surface area contributed by atoms with Crippen LogP contribution < -0.4 is 10.6 Å². The summed E-state index contributed by atoms with van der Waals surface area (Å²) < 4.78 is 13.7. The van der Waals surface area contributed by atoms with Crippen molar-refractivity contribution in [3.05, 3.63) is 29.6 Å². The number of anilines is 1. The molecule has 1 unspecified atom stereocenters. The Morgan fingerprint density at radius 1 is 1.59 bits per heavy atom. The highest BCUT2D eigenvalue weighted by Crippen LogP contribution is 2.26. The van der Waals surface area contributed by atoms with Crippen molar-refractivity contribution in [2.75, 3.05) is 18.0 Å². The van der Waals surface area contributed by atoms with Gasteiger partial charge in [0.1, 0.15) is 5.82 Å². The molecule has 3 N–H and O–H groups in total. The van der Waals surface area contributed by atoms with Crippen molar-refractivity contribution in [2.45, 2.75) is 13.0 Å². The van der Waals surface area contributed by atoms with Gasteiger partial charge in [0.25, 0.3) is 0 Å². The molecule has 4 nitrogen and oxygen atoms in total. The van der Waals surface area contributed by atoms with E-state index in [1.165, 1.54) is 6.07 Å². The molecule has 0 radical (unpaired) electrons. The number of hydrogen-bond acceptors (Lipinski definition) is 3. The fraction of sp³-hybridized carbons (Fsp3) is 0.417. The summed E-state index contributed by atoms with van der Waals surface area (Å²) in [5.74, 6) is -0.909. The minimum atomic E-state index is -0.373. The smallest absolute Gasteiger partial charge is 0.222 e. The van der Waals surface area contributed by atoms with Gasteiger partial charge in [-0.25, -0.2) is 4.39 Å². The van der Waals surface area contributed by atoms with Crippen LogP contribution in [0.4, 0.5) is 10.1 Å². The zero-order valence-corrected chi connectivity index (χ0v) is 9.40. The summed E-state index contributed by atoms with van der Waals surface area (Å²) in [4.78, 5) is 12.8. The lowest BCUT2D eigenvalue weighted by atomic mass is 10.1. The van der Waals surface area contributed by atoms with E-state index < -0.39 is 0 Å². The quantitative estimate of drug-likeness (QED) is 0.811. The number of hydrogen-bond donors (Lipinski definition) is 2. The van der Waals surface area contributed by atoms with E-state index >= 15 is 0 Å². The summed E-state index contributed by atoms with van der Waals surface area (Å²) in [7, 11) is 0. The van der Waals surface area contributed by atoms with E-state index in [1.807, 2.05) is 4.90 Å². The Kier molecular flexibility index (Phi) is 3.28. The van der Waals surface area contributed by atoms with E-state index in [0.717, 1.165) is 0 Å². The van der Waals surface area contributed by atoms with E-state index in [4.69, 9.17) is 10.8 Å². The highest BCUT2D eigenvalue weighted by molar-refractivity contribution is 5.78. The van der Waals surface area contributed by atoms with Crippen LogP contribution in [0.2, 0.25) is 0 Å². The second-order valence-corrected chi connectivity index (χ2v) is 4.28. The maximum atomic E-state index is 13.7. The van der Waals surface area contributed by atoms with Crippen LogP contribution >= 0.6 is 0 Å². The lowest BCUT2D eigenvalue weighted by molar-refractivity contribution is -0.121. The van der Waals surface area contributed by atoms with Crippen LogP contribution in [0.3, 0.4) is 0 Å². The van der Waals surface area contributed by atoms with Crippen molar-refractivity contribution in [3.8, 4) is 0 Å². The molecule has 0 aromatic heterocycles. The summed E-state index contributed by atoms with van der Waals surface area (Å²) in [6.07, 6.45) is 0.663. The van der Waals surface area contributed by atoms with Crippen LogP contribution in [0.15, 0.2) is 18.2 Å². The second kappa shape index (κ2) is 4.71. The molecule has 2 rings (SSSR count). The number of nitrogens with zero attached hydrogens (tertiary/aromatic N) is 1. The first-order valence-electron chi connectivity index (χ1n) is 5.55. The van der Waals surface area contributed by atoms with Gasteiger partial charge in [0, 0.05) is 13.1 Å². The van der Waals surface area contributed by atoms with E-state index in [-0.39, 0.29) is 24.2 Å². The standard InChI is InChI=1S/C12H15FN2O2/c13-10-5-8(7-16)1-2-11(10)15-4-3-9(6-15)12(14)17/h1-2,5,9,16H,3-4,6-7H2,(H2,14,17). The topological polar surface area (TPSA) is 66.6 Å². The van der Waals surface area contributed by atoms with Gasteiger partial charge < -0.3 is 15.7 Å². The normalized spacial score (nSPS) is 19.6. The summed E-state index contributed by atoms with van der Waals surface area (Å²) in [5.41, 5.74) is 6.23. The molecule has 1 aliphatic heterocycles. The molecule has 1 heterocycles. The molecule has 92 valence electrons. The van der Waals surface area contributed by atoms with E-state index in [1.54, 1.807) is 12.1 Å². The first kappa shape index (κ1) is 11.9. The van der Waals surface area contributed by atoms with Crippen LogP contribution in [0, 0.1) is 11.7 Å². The van der Waals surface area contributed by atoms with E-state index in [0.29, 0.717) is 30.8 Å². The second-order valence-electron chi connectivity index (χ2n) is 4.28. The van der Waals surface area contributed by atoms with Gasteiger partial charge in [-0.1, -0.05) is 6.07 Å². The lowest BCUT2D eigenvalue weighted by Gasteiger charge is -2.19. The first-order valence-corrected chi connectivity index (χ1v) is 5.55. The zero-order chi connectivity index (χ0) is 12.4. The molecule has 0 bridgehead atoms. The van der Waals surface area contributed by atoms with Gasteiger partial charge in [-0.05, 0) is 24.1 Å². The number of benzene rings is 1. The molecule has 0 saturated carbocycles. The minimum absolute atomic E-state index is 0.179.